The highest BCUT2D eigenvalue weighted by Gasteiger charge is 2.34. The van der Waals surface area contributed by atoms with Crippen molar-refractivity contribution in [1.82, 2.24) is 47.9 Å². The molecule has 133 heavy (non-hydrogen) atoms. The predicted octanol–water partition coefficient (Wildman–Crippen LogP) is 4.53. The molecule has 0 aromatic heterocycles. The van der Waals surface area contributed by atoms with Crippen LogP contribution in [0.5, 0.6) is 0 Å². The van der Waals surface area contributed by atoms with Gasteiger partial charge in [0.15, 0.2) is 0 Å². The lowest BCUT2D eigenvalue weighted by atomic mass is 10.1. The van der Waals surface area contributed by atoms with E-state index in [1.807, 2.05) is 84.9 Å². The van der Waals surface area contributed by atoms with Crippen LogP contribution in [0.4, 0.5) is 0 Å². The number of benzene rings is 6. The Kier molecular flexibility index (Phi) is 58.0. The molecule has 0 aliphatic heterocycles. The maximum Gasteiger partial charge on any atom is 0.308 e. The summed E-state index contributed by atoms with van der Waals surface area (Å²) in [6, 6.07) is 46.1. The van der Waals surface area contributed by atoms with Crippen LogP contribution in [0.3, 0.4) is 0 Å². The minimum atomic E-state index is -1.39. The summed E-state index contributed by atoms with van der Waals surface area (Å²) in [4.78, 5) is 192. The van der Waals surface area contributed by atoms with Crippen molar-refractivity contribution < 1.29 is 129 Å². The molecule has 6 rings (SSSR count). The highest BCUT2D eigenvalue weighted by molar-refractivity contribution is 5.97. The Balaban J connectivity index is 0.000000417. The van der Waals surface area contributed by atoms with Crippen molar-refractivity contribution in [3.8, 4) is 24.7 Å². The van der Waals surface area contributed by atoms with Crippen LogP contribution >= 0.6 is 0 Å². The third-order valence-electron chi connectivity index (χ3n) is 17.7. The average Bonchev–Trinajstić information content (AvgIpc) is 0.978. The summed E-state index contributed by atoms with van der Waals surface area (Å²) in [6.45, 7) is 6.60. The van der Waals surface area contributed by atoms with E-state index in [0.717, 1.165) is 33.4 Å². The molecule has 0 saturated carbocycles. The summed E-state index contributed by atoms with van der Waals surface area (Å²) < 4.78 is 63.1. The van der Waals surface area contributed by atoms with Crippen molar-refractivity contribution in [3.63, 3.8) is 0 Å². The Morgan fingerprint density at radius 3 is 0.797 bits per heavy atom. The number of hydrogen-bond donors (Lipinski definition) is 9. The number of esters is 6. The van der Waals surface area contributed by atoms with Crippen LogP contribution in [0.1, 0.15) is 106 Å². The number of rotatable bonds is 61. The molecule has 6 atom stereocenters. The fourth-order valence-electron chi connectivity index (χ4n) is 11.2. The van der Waals surface area contributed by atoms with Gasteiger partial charge in [-0.25, -0.2) is 0 Å². The maximum atomic E-state index is 13.2. The van der Waals surface area contributed by atoms with Crippen LogP contribution in [-0.2, 0) is 168 Å². The zero-order valence-corrected chi connectivity index (χ0v) is 74.5. The van der Waals surface area contributed by atoms with Crippen LogP contribution in [0.2, 0.25) is 0 Å². The van der Waals surface area contributed by atoms with Gasteiger partial charge in [-0.3, -0.25) is 71.9 Å². The Morgan fingerprint density at radius 1 is 0.301 bits per heavy atom. The van der Waals surface area contributed by atoms with Crippen molar-refractivity contribution in [2.24, 2.45) is 5.11 Å². The predicted molar refractivity (Wildman–Crippen MR) is 479 cm³/mol. The first-order valence-electron chi connectivity index (χ1n) is 42.4. The number of nitrogens with one attached hydrogen (secondary N) is 9. The van der Waals surface area contributed by atoms with E-state index < -0.39 is 151 Å². The first-order chi connectivity index (χ1) is 64.3. The molecule has 9 amide bonds. The smallest absolute Gasteiger partial charge is 0.308 e. The largest absolute Gasteiger partial charge is 0.461 e. The zero-order chi connectivity index (χ0) is 96.7. The van der Waals surface area contributed by atoms with Gasteiger partial charge in [0, 0.05) is 64.7 Å². The molecule has 0 unspecified atom stereocenters. The van der Waals surface area contributed by atoms with Crippen molar-refractivity contribution >= 4 is 89.0 Å². The van der Waals surface area contributed by atoms with Gasteiger partial charge in [0.1, 0.15) is 89.1 Å². The topological polar surface area (TPSA) is 524 Å². The first kappa shape index (κ1) is 111. The summed E-state index contributed by atoms with van der Waals surface area (Å²) in [5.41, 5.74) is 12.8. The van der Waals surface area contributed by atoms with E-state index in [1.165, 1.54) is 20.8 Å². The standard InChI is InChI=1S/C33H41N3O9.C31H37N3O9.C30H38N6O9/c1-3-19-42-21-22-43-20-18-34-32(40)28(14-16-30(38)44-23-26-10-6-4-7-11-26)36-33(41)29(35-25(2)37)15-17-31(39)45-24-27-12-8-5-9-13-27;1-3-15-40-17-18-41-16-14-32-30(38)26(19-28(36)42-21-24-10-6-4-7-11-24)34-31(39)27(33-23(2)35)20-29(37)43-22-25-12-8-5-9-13-25;1-22(37)34-26(19-28(39)45-21-24-10-6-3-7-11-24)30(41)35-25(18-27(38)44-20-23-8-4-2-5-9-23)29(40)32-12-14-42-16-17-43-15-13-33-36-31/h1,4-13,28-29H,14-24H2,2H3,(H,34,40)(H,35,37)(H,36,41);1,4-13,26-27H,14-22H2,2H3,(H,32,38)(H,33,35)(H,34,39);2-11,25-26H,12-21H2,1H3,(H,32,40)(H,34,37)(H,35,41)/t28-,29+;26-,27+;25-,26+/m111/s1. The number of azide groups is 1. The van der Waals surface area contributed by atoms with Crippen LogP contribution in [0.15, 0.2) is 187 Å². The second-order valence-electron chi connectivity index (χ2n) is 28.5. The van der Waals surface area contributed by atoms with Crippen LogP contribution in [-0.4, -0.2) is 231 Å². The number of hydrogen-bond acceptors (Lipinski definition) is 28. The lowest BCUT2D eigenvalue weighted by molar-refractivity contribution is -0.149. The number of nitrogens with zero attached hydrogens (tertiary/aromatic N) is 3. The van der Waals surface area contributed by atoms with Crippen molar-refractivity contribution in [3.05, 3.63) is 226 Å². The molecule has 0 bridgehead atoms. The van der Waals surface area contributed by atoms with E-state index in [4.69, 9.17) is 75.2 Å². The minimum absolute atomic E-state index is 0.0233. The molecule has 714 valence electrons. The first-order valence-corrected chi connectivity index (χ1v) is 42.4. The van der Waals surface area contributed by atoms with Gasteiger partial charge in [-0.1, -0.05) is 199 Å². The van der Waals surface area contributed by atoms with E-state index in [-0.39, 0.29) is 164 Å². The minimum Gasteiger partial charge on any atom is -0.461 e. The van der Waals surface area contributed by atoms with Crippen LogP contribution in [0, 0.1) is 24.7 Å². The van der Waals surface area contributed by atoms with Crippen LogP contribution < -0.4 is 47.9 Å². The molecule has 0 heterocycles. The van der Waals surface area contributed by atoms with Crippen molar-refractivity contribution in [1.29, 1.82) is 0 Å². The van der Waals surface area contributed by atoms with E-state index in [2.05, 4.69) is 69.7 Å². The highest BCUT2D eigenvalue weighted by atomic mass is 16.6. The molecule has 0 spiro atoms. The number of ether oxygens (including phenoxy) is 12. The molecule has 0 fully saturated rings. The summed E-state index contributed by atoms with van der Waals surface area (Å²) in [6.07, 6.45) is 7.73. The van der Waals surface area contributed by atoms with Crippen molar-refractivity contribution in [2.45, 2.75) is 148 Å². The molecular formula is C94H116N12O27. The van der Waals surface area contributed by atoms with Gasteiger partial charge < -0.3 is 105 Å². The molecule has 0 saturated heterocycles. The van der Waals surface area contributed by atoms with Crippen LogP contribution in [0.25, 0.3) is 10.4 Å². The van der Waals surface area contributed by atoms with E-state index in [0.29, 0.717) is 6.61 Å². The Bertz CT molecular complexity index is 4660. The zero-order valence-electron chi connectivity index (χ0n) is 74.5. The molecule has 39 nitrogen and oxygen atoms in total. The van der Waals surface area contributed by atoms with Gasteiger partial charge in [0.05, 0.1) is 91.8 Å². The third kappa shape index (κ3) is 54.6. The summed E-state index contributed by atoms with van der Waals surface area (Å²) in [5.74, 6) is -5.48. The highest BCUT2D eigenvalue weighted by Crippen LogP contribution is 2.14. The molecular weight excluding hydrogens is 1730 g/mol. The Labute approximate surface area is 771 Å². The van der Waals surface area contributed by atoms with Crippen molar-refractivity contribution in [2.75, 3.05) is 105 Å². The molecule has 0 aliphatic rings. The molecule has 0 aliphatic carbocycles. The van der Waals surface area contributed by atoms with E-state index in [1.54, 1.807) is 97.1 Å². The quantitative estimate of drug-likeness (QED) is 0.00481. The molecule has 6 aromatic rings. The fourth-order valence-corrected chi connectivity index (χ4v) is 11.2. The number of terminal acetylenes is 2. The van der Waals surface area contributed by atoms with E-state index >= 15 is 0 Å². The Hall–Kier alpha value is -14.4. The van der Waals surface area contributed by atoms with E-state index in [9.17, 15) is 71.9 Å². The summed E-state index contributed by atoms with van der Waals surface area (Å²) in [5, 5.41) is 26.0. The monoisotopic (exact) mass is 1840 g/mol. The average molecular weight is 1850 g/mol. The normalized spacial score (nSPS) is 11.7. The van der Waals surface area contributed by atoms with Gasteiger partial charge >= 0.3 is 35.8 Å². The van der Waals surface area contributed by atoms with Gasteiger partial charge in [-0.05, 0) is 51.8 Å². The van der Waals surface area contributed by atoms with Gasteiger partial charge in [0.2, 0.25) is 53.2 Å². The number of amides is 9. The molecule has 39 heteroatoms. The second kappa shape index (κ2) is 69.5. The lowest BCUT2D eigenvalue weighted by Gasteiger charge is -2.23. The lowest BCUT2D eigenvalue weighted by Crippen LogP contribution is -2.55. The van der Waals surface area contributed by atoms with Gasteiger partial charge in [0.25, 0.3) is 0 Å². The summed E-state index contributed by atoms with van der Waals surface area (Å²) in [7, 11) is 0. The second-order valence-corrected chi connectivity index (χ2v) is 28.5. The third-order valence-corrected chi connectivity index (χ3v) is 17.7. The number of carbonyl (C=O) groups excluding carboxylic acids is 15. The molecule has 6 aromatic carbocycles. The Morgan fingerprint density at radius 2 is 0.526 bits per heavy atom. The SMILES string of the molecule is C#CCOCCOCCNC(=O)[C@@H](CC(=O)OCc1ccccc1)NC(=O)[C@H](CC(=O)OCc1ccccc1)NC(C)=O.C#CCOCCOCCNC(=O)[C@@H](CCC(=O)OCc1ccccc1)NC(=O)[C@H](CCC(=O)OCc1ccccc1)NC(C)=O.CC(=O)N[C@@H](CC(=O)OCc1ccccc1)C(=O)N[C@H](CC(=O)OCc1ccccc1)C(=O)NCCOCCOCCN=[N+]=[N-]. The van der Waals surface area contributed by atoms with Gasteiger partial charge in [-0.15, -0.1) is 12.8 Å². The maximum absolute atomic E-state index is 13.2. The number of carbonyl (C=O) groups is 15. The molecule has 0 radical (unpaired) electrons. The summed E-state index contributed by atoms with van der Waals surface area (Å²) >= 11 is 0. The van der Waals surface area contributed by atoms with Gasteiger partial charge in [-0.2, -0.15) is 0 Å². The fraction of sp³-hybridized carbons (Fsp3) is 0.415. The molecule has 9 N–H and O–H groups in total.